The molecule has 0 unspecified atom stereocenters. The van der Waals surface area contributed by atoms with E-state index in [-0.39, 0.29) is 5.82 Å². The molecule has 0 spiro atoms. The molecule has 0 aliphatic heterocycles. The van der Waals surface area contributed by atoms with E-state index in [1.807, 2.05) is 6.07 Å². The van der Waals surface area contributed by atoms with Gasteiger partial charge in [0, 0.05) is 31.2 Å². The standard InChI is InChI=1S/C14H17FN2/c1-3-17-7-6-12(10-17)9-16-13-4-5-14(15)11(2)8-13/h4-8,10,16H,3,9H2,1-2H3. The third-order valence-electron chi connectivity index (χ3n) is 2.83. The van der Waals surface area contributed by atoms with Crippen LogP contribution < -0.4 is 5.32 Å². The summed E-state index contributed by atoms with van der Waals surface area (Å²) in [4.78, 5) is 0. The summed E-state index contributed by atoms with van der Waals surface area (Å²) < 4.78 is 15.2. The van der Waals surface area contributed by atoms with Gasteiger partial charge in [0.25, 0.3) is 0 Å². The van der Waals surface area contributed by atoms with Gasteiger partial charge in [-0.05, 0) is 49.2 Å². The summed E-state index contributed by atoms with van der Waals surface area (Å²) in [6.45, 7) is 5.63. The van der Waals surface area contributed by atoms with Gasteiger partial charge in [-0.25, -0.2) is 4.39 Å². The topological polar surface area (TPSA) is 17.0 Å². The molecule has 0 saturated heterocycles. The zero-order valence-electron chi connectivity index (χ0n) is 10.2. The van der Waals surface area contributed by atoms with E-state index in [4.69, 9.17) is 0 Å². The van der Waals surface area contributed by atoms with Crippen molar-refractivity contribution in [3.05, 3.63) is 53.6 Å². The van der Waals surface area contributed by atoms with Gasteiger partial charge in [0.2, 0.25) is 0 Å². The Kier molecular flexibility index (Phi) is 3.47. The van der Waals surface area contributed by atoms with Crippen LogP contribution in [0.3, 0.4) is 0 Å². The fraction of sp³-hybridized carbons (Fsp3) is 0.286. The van der Waals surface area contributed by atoms with E-state index < -0.39 is 0 Å². The lowest BCUT2D eigenvalue weighted by atomic mass is 10.2. The SMILES string of the molecule is CCn1ccc(CNc2ccc(F)c(C)c2)c1. The molecule has 0 bridgehead atoms. The average Bonchev–Trinajstić information content (AvgIpc) is 2.79. The minimum Gasteiger partial charge on any atom is -0.381 e. The number of halogens is 1. The number of nitrogens with one attached hydrogen (secondary N) is 1. The highest BCUT2D eigenvalue weighted by Gasteiger charge is 1.99. The highest BCUT2D eigenvalue weighted by molar-refractivity contribution is 5.46. The first-order valence-electron chi connectivity index (χ1n) is 5.83. The van der Waals surface area contributed by atoms with E-state index in [0.717, 1.165) is 18.8 Å². The molecule has 0 fully saturated rings. The number of hydrogen-bond acceptors (Lipinski definition) is 1. The lowest BCUT2D eigenvalue weighted by Gasteiger charge is -2.06. The molecule has 3 heteroatoms. The minimum atomic E-state index is -0.160. The Hall–Kier alpha value is -1.77. The Morgan fingerprint density at radius 3 is 2.76 bits per heavy atom. The van der Waals surface area contributed by atoms with Crippen molar-refractivity contribution < 1.29 is 4.39 Å². The molecule has 2 aromatic rings. The molecule has 0 saturated carbocycles. The molecule has 0 aliphatic rings. The molecule has 0 atom stereocenters. The zero-order chi connectivity index (χ0) is 12.3. The van der Waals surface area contributed by atoms with Crippen LogP contribution in [0.4, 0.5) is 10.1 Å². The van der Waals surface area contributed by atoms with Crippen molar-refractivity contribution in [3.8, 4) is 0 Å². The Morgan fingerprint density at radius 2 is 2.12 bits per heavy atom. The Morgan fingerprint density at radius 1 is 1.29 bits per heavy atom. The van der Waals surface area contributed by atoms with Gasteiger partial charge in [-0.3, -0.25) is 0 Å². The first-order chi connectivity index (χ1) is 8.19. The molecule has 2 nitrogen and oxygen atoms in total. The number of benzene rings is 1. The minimum absolute atomic E-state index is 0.160. The van der Waals surface area contributed by atoms with E-state index in [9.17, 15) is 4.39 Å². The van der Waals surface area contributed by atoms with Crippen molar-refractivity contribution >= 4 is 5.69 Å². The van der Waals surface area contributed by atoms with Crippen LogP contribution >= 0.6 is 0 Å². The van der Waals surface area contributed by atoms with Gasteiger partial charge in [-0.15, -0.1) is 0 Å². The van der Waals surface area contributed by atoms with Gasteiger partial charge in [-0.2, -0.15) is 0 Å². The van der Waals surface area contributed by atoms with Crippen LogP contribution in [-0.4, -0.2) is 4.57 Å². The van der Waals surface area contributed by atoms with Crippen molar-refractivity contribution in [1.29, 1.82) is 0 Å². The second kappa shape index (κ2) is 5.04. The lowest BCUT2D eigenvalue weighted by Crippen LogP contribution is -1.99. The van der Waals surface area contributed by atoms with Crippen molar-refractivity contribution in [3.63, 3.8) is 0 Å². The fourth-order valence-corrected chi connectivity index (χ4v) is 1.75. The summed E-state index contributed by atoms with van der Waals surface area (Å²) in [5.74, 6) is -0.160. The van der Waals surface area contributed by atoms with Crippen molar-refractivity contribution in [1.82, 2.24) is 4.57 Å². The predicted molar refractivity (Wildman–Crippen MR) is 68.6 cm³/mol. The summed E-state index contributed by atoms with van der Waals surface area (Å²) in [6, 6.07) is 7.17. The number of aromatic nitrogens is 1. The van der Waals surface area contributed by atoms with Crippen LogP contribution in [0.25, 0.3) is 0 Å². The number of nitrogens with zero attached hydrogens (tertiary/aromatic N) is 1. The van der Waals surface area contributed by atoms with Crippen molar-refractivity contribution in [2.24, 2.45) is 0 Å². The van der Waals surface area contributed by atoms with Crippen LogP contribution in [0.2, 0.25) is 0 Å². The van der Waals surface area contributed by atoms with Gasteiger partial charge < -0.3 is 9.88 Å². The van der Waals surface area contributed by atoms with E-state index in [0.29, 0.717) is 5.56 Å². The Labute approximate surface area is 101 Å². The first kappa shape index (κ1) is 11.7. The molecule has 1 aromatic carbocycles. The van der Waals surface area contributed by atoms with Gasteiger partial charge >= 0.3 is 0 Å². The van der Waals surface area contributed by atoms with Crippen LogP contribution in [0.15, 0.2) is 36.7 Å². The number of hydrogen-bond donors (Lipinski definition) is 1. The monoisotopic (exact) mass is 232 g/mol. The van der Waals surface area contributed by atoms with Gasteiger partial charge in [0.1, 0.15) is 5.82 Å². The van der Waals surface area contributed by atoms with Crippen molar-refractivity contribution in [2.45, 2.75) is 26.9 Å². The summed E-state index contributed by atoms with van der Waals surface area (Å²) in [5, 5.41) is 3.29. The Bertz CT molecular complexity index is 503. The summed E-state index contributed by atoms with van der Waals surface area (Å²) in [5.41, 5.74) is 2.85. The molecular formula is C14H17FN2. The molecule has 17 heavy (non-hydrogen) atoms. The summed E-state index contributed by atoms with van der Waals surface area (Å²) >= 11 is 0. The number of rotatable bonds is 4. The molecule has 1 heterocycles. The predicted octanol–water partition coefficient (Wildman–Crippen LogP) is 3.57. The second-order valence-electron chi connectivity index (χ2n) is 4.17. The summed E-state index contributed by atoms with van der Waals surface area (Å²) in [6.07, 6.45) is 4.18. The van der Waals surface area contributed by atoms with E-state index in [2.05, 4.69) is 35.3 Å². The molecule has 2 rings (SSSR count). The average molecular weight is 232 g/mol. The molecule has 0 radical (unpaired) electrons. The maximum absolute atomic E-state index is 13.1. The molecule has 1 N–H and O–H groups in total. The highest BCUT2D eigenvalue weighted by Crippen LogP contribution is 2.14. The molecule has 0 amide bonds. The van der Waals surface area contributed by atoms with Gasteiger partial charge in [0.05, 0.1) is 0 Å². The van der Waals surface area contributed by atoms with E-state index in [1.54, 1.807) is 13.0 Å². The van der Waals surface area contributed by atoms with Gasteiger partial charge in [0.15, 0.2) is 0 Å². The third-order valence-corrected chi connectivity index (χ3v) is 2.83. The third kappa shape index (κ3) is 2.87. The van der Waals surface area contributed by atoms with E-state index >= 15 is 0 Å². The zero-order valence-corrected chi connectivity index (χ0v) is 10.2. The first-order valence-corrected chi connectivity index (χ1v) is 5.83. The molecule has 0 aliphatic carbocycles. The number of aryl methyl sites for hydroxylation is 2. The van der Waals surface area contributed by atoms with Crippen LogP contribution in [0, 0.1) is 12.7 Å². The lowest BCUT2D eigenvalue weighted by molar-refractivity contribution is 0.618. The molecular weight excluding hydrogens is 215 g/mol. The highest BCUT2D eigenvalue weighted by atomic mass is 19.1. The Balaban J connectivity index is 1.99. The van der Waals surface area contributed by atoms with Crippen LogP contribution in [0.1, 0.15) is 18.1 Å². The van der Waals surface area contributed by atoms with Crippen molar-refractivity contribution in [2.75, 3.05) is 5.32 Å². The van der Waals surface area contributed by atoms with Crippen LogP contribution in [0.5, 0.6) is 0 Å². The largest absolute Gasteiger partial charge is 0.381 e. The van der Waals surface area contributed by atoms with Crippen LogP contribution in [-0.2, 0) is 13.1 Å². The van der Waals surface area contributed by atoms with Gasteiger partial charge in [-0.1, -0.05) is 0 Å². The molecule has 90 valence electrons. The normalized spacial score (nSPS) is 10.5. The quantitative estimate of drug-likeness (QED) is 0.852. The molecule has 1 aromatic heterocycles. The fourth-order valence-electron chi connectivity index (χ4n) is 1.75. The van der Waals surface area contributed by atoms with E-state index in [1.165, 1.54) is 11.6 Å². The smallest absolute Gasteiger partial charge is 0.126 e. The maximum Gasteiger partial charge on any atom is 0.126 e. The number of anilines is 1. The maximum atomic E-state index is 13.1. The summed E-state index contributed by atoms with van der Waals surface area (Å²) in [7, 11) is 0. The second-order valence-corrected chi connectivity index (χ2v) is 4.17.